The van der Waals surface area contributed by atoms with Crippen LogP contribution in [-0.4, -0.2) is 44.9 Å². The highest BCUT2D eigenvalue weighted by atomic mass is 32.2. The summed E-state index contributed by atoms with van der Waals surface area (Å²) in [5.74, 6) is -0.0351. The van der Waals surface area contributed by atoms with Gasteiger partial charge in [-0.2, -0.15) is 0 Å². The normalized spacial score (nSPS) is 11.4. The molecule has 0 aliphatic rings. The fourth-order valence-electron chi connectivity index (χ4n) is 3.37. The highest BCUT2D eigenvalue weighted by molar-refractivity contribution is 7.92. The molecule has 0 aromatic heterocycles. The van der Waals surface area contributed by atoms with Gasteiger partial charge in [0.25, 0.3) is 0 Å². The highest BCUT2D eigenvalue weighted by Gasteiger charge is 2.19. The fourth-order valence-corrected chi connectivity index (χ4v) is 4.70. The molecule has 0 bridgehead atoms. The predicted molar refractivity (Wildman–Crippen MR) is 120 cm³/mol. The Morgan fingerprint density at radius 2 is 1.63 bits per heavy atom. The molecule has 0 fully saturated rings. The number of rotatable bonds is 9. The molecule has 0 N–H and O–H groups in total. The van der Waals surface area contributed by atoms with E-state index in [0.29, 0.717) is 19.4 Å². The van der Waals surface area contributed by atoms with Gasteiger partial charge in [0.2, 0.25) is 5.91 Å². The molecule has 0 unspecified atom stereocenters. The van der Waals surface area contributed by atoms with Crippen molar-refractivity contribution in [1.82, 2.24) is 4.90 Å². The summed E-state index contributed by atoms with van der Waals surface area (Å²) in [6.45, 7) is 0.361. The average molecular weight is 426 g/mol. The average Bonchev–Trinajstić information content (AvgIpc) is 2.73. The van der Waals surface area contributed by atoms with Crippen LogP contribution in [0, 0.1) is 0 Å². The minimum atomic E-state index is -3.44. The van der Waals surface area contributed by atoms with Crippen LogP contribution in [0.3, 0.4) is 0 Å². The Bertz CT molecular complexity index is 1110. The molecular weight excluding hydrogens is 398 g/mol. The third-order valence-corrected chi connectivity index (χ3v) is 6.66. The molecule has 3 aromatic carbocycles. The van der Waals surface area contributed by atoms with E-state index in [0.717, 1.165) is 27.6 Å². The molecule has 0 saturated carbocycles. The Kier molecular flexibility index (Phi) is 7.11. The van der Waals surface area contributed by atoms with Gasteiger partial charge in [0, 0.05) is 13.6 Å². The van der Waals surface area contributed by atoms with Gasteiger partial charge < -0.3 is 9.64 Å². The molecule has 0 heterocycles. The first-order chi connectivity index (χ1) is 14.4. The van der Waals surface area contributed by atoms with E-state index in [2.05, 4.69) is 0 Å². The number of sulfone groups is 1. The van der Waals surface area contributed by atoms with Gasteiger partial charge in [-0.15, -0.1) is 0 Å². The van der Waals surface area contributed by atoms with Crippen molar-refractivity contribution in [2.24, 2.45) is 0 Å². The van der Waals surface area contributed by atoms with Gasteiger partial charge in [0.1, 0.15) is 11.5 Å². The Labute approximate surface area is 178 Å². The lowest BCUT2D eigenvalue weighted by Gasteiger charge is -2.18. The van der Waals surface area contributed by atoms with Crippen molar-refractivity contribution in [3.8, 4) is 5.75 Å². The van der Waals surface area contributed by atoms with Crippen LogP contribution >= 0.6 is 0 Å². The summed E-state index contributed by atoms with van der Waals surface area (Å²) >= 11 is 0. The second-order valence-corrected chi connectivity index (χ2v) is 9.66. The molecule has 0 radical (unpaired) electrons. The molecular formula is C24H27NO4S. The zero-order chi connectivity index (χ0) is 21.6. The topological polar surface area (TPSA) is 63.7 Å². The molecule has 5 nitrogen and oxygen atoms in total. The molecule has 0 saturated heterocycles. The van der Waals surface area contributed by atoms with E-state index < -0.39 is 15.6 Å². The molecule has 0 aliphatic heterocycles. The maximum atomic E-state index is 12.5. The molecule has 6 heteroatoms. The number of aryl methyl sites for hydroxylation is 1. The standard InChI is InChI=1S/C24H27NO4S/c1-25(17-20-10-11-22-16-23(29-2)13-12-21(22)15-20)24(26)18-30(27,28)14-6-9-19-7-4-3-5-8-19/h3-5,7-8,10-13,15-16H,6,9,14,17-18H2,1-2H3. The van der Waals surface area contributed by atoms with Crippen molar-refractivity contribution in [2.45, 2.75) is 19.4 Å². The van der Waals surface area contributed by atoms with Crippen LogP contribution in [0.15, 0.2) is 66.7 Å². The largest absolute Gasteiger partial charge is 0.497 e. The molecule has 0 atom stereocenters. The van der Waals surface area contributed by atoms with Gasteiger partial charge in [-0.25, -0.2) is 8.42 Å². The van der Waals surface area contributed by atoms with Crippen molar-refractivity contribution in [3.63, 3.8) is 0 Å². The maximum Gasteiger partial charge on any atom is 0.237 e. The summed E-state index contributed by atoms with van der Waals surface area (Å²) < 4.78 is 30.0. The van der Waals surface area contributed by atoms with Crippen LogP contribution in [-0.2, 0) is 27.6 Å². The van der Waals surface area contributed by atoms with Crippen LogP contribution in [0.4, 0.5) is 0 Å². The maximum absolute atomic E-state index is 12.5. The third-order valence-electron chi connectivity index (χ3n) is 5.06. The first kappa shape index (κ1) is 21.8. The summed E-state index contributed by atoms with van der Waals surface area (Å²) in [7, 11) is -0.166. The van der Waals surface area contributed by atoms with E-state index in [1.807, 2.05) is 66.7 Å². The van der Waals surface area contributed by atoms with Gasteiger partial charge in [-0.05, 0) is 52.9 Å². The number of hydrogen-bond donors (Lipinski definition) is 0. The van der Waals surface area contributed by atoms with E-state index in [4.69, 9.17) is 4.74 Å². The lowest BCUT2D eigenvalue weighted by atomic mass is 10.1. The monoisotopic (exact) mass is 425 g/mol. The molecule has 0 spiro atoms. The molecule has 1 amide bonds. The van der Waals surface area contributed by atoms with E-state index in [1.54, 1.807) is 14.2 Å². The molecule has 30 heavy (non-hydrogen) atoms. The number of hydrogen-bond acceptors (Lipinski definition) is 4. The number of nitrogens with zero attached hydrogens (tertiary/aromatic N) is 1. The Hall–Kier alpha value is -2.86. The summed E-state index contributed by atoms with van der Waals surface area (Å²) in [5, 5.41) is 2.09. The zero-order valence-corrected chi connectivity index (χ0v) is 18.2. The summed E-state index contributed by atoms with van der Waals surface area (Å²) in [5.41, 5.74) is 2.05. The van der Waals surface area contributed by atoms with E-state index in [9.17, 15) is 13.2 Å². The van der Waals surface area contributed by atoms with E-state index in [1.165, 1.54) is 4.90 Å². The van der Waals surface area contributed by atoms with Gasteiger partial charge >= 0.3 is 0 Å². The number of methoxy groups -OCH3 is 1. The summed E-state index contributed by atoms with van der Waals surface area (Å²) in [6.07, 6.45) is 1.20. The first-order valence-electron chi connectivity index (χ1n) is 9.91. The van der Waals surface area contributed by atoms with Crippen molar-refractivity contribution in [3.05, 3.63) is 77.9 Å². The second-order valence-electron chi connectivity index (χ2n) is 7.48. The zero-order valence-electron chi connectivity index (χ0n) is 17.4. The van der Waals surface area contributed by atoms with E-state index >= 15 is 0 Å². The Morgan fingerprint density at radius 1 is 0.933 bits per heavy atom. The Balaban J connectivity index is 1.55. The molecule has 0 aliphatic carbocycles. The lowest BCUT2D eigenvalue weighted by Crippen LogP contribution is -2.33. The number of ether oxygens (including phenoxy) is 1. The van der Waals surface area contributed by atoms with Gasteiger partial charge in [0.05, 0.1) is 12.9 Å². The van der Waals surface area contributed by atoms with Crippen LogP contribution in [0.2, 0.25) is 0 Å². The number of carbonyl (C=O) groups is 1. The SMILES string of the molecule is COc1ccc2cc(CN(C)C(=O)CS(=O)(=O)CCCc3ccccc3)ccc2c1. The van der Waals surface area contributed by atoms with Crippen LogP contribution < -0.4 is 4.74 Å². The molecule has 158 valence electrons. The lowest BCUT2D eigenvalue weighted by molar-refractivity contribution is -0.127. The summed E-state index contributed by atoms with van der Waals surface area (Å²) in [4.78, 5) is 13.9. The minimum absolute atomic E-state index is 0.0132. The number of amides is 1. The van der Waals surface area contributed by atoms with Crippen molar-refractivity contribution in [1.29, 1.82) is 0 Å². The highest BCUT2D eigenvalue weighted by Crippen LogP contribution is 2.22. The molecule has 3 rings (SSSR count). The third kappa shape index (κ3) is 6.07. The van der Waals surface area contributed by atoms with Crippen molar-refractivity contribution >= 4 is 26.5 Å². The smallest absolute Gasteiger partial charge is 0.237 e. The second kappa shape index (κ2) is 9.76. The van der Waals surface area contributed by atoms with Crippen LogP contribution in [0.1, 0.15) is 17.5 Å². The number of fused-ring (bicyclic) bond motifs is 1. The van der Waals surface area contributed by atoms with Crippen LogP contribution in [0.25, 0.3) is 10.8 Å². The van der Waals surface area contributed by atoms with Gasteiger partial charge in [-0.1, -0.05) is 48.5 Å². The number of carbonyl (C=O) groups excluding carboxylic acids is 1. The van der Waals surface area contributed by atoms with E-state index in [-0.39, 0.29) is 11.7 Å². The van der Waals surface area contributed by atoms with Crippen LogP contribution in [0.5, 0.6) is 5.75 Å². The quantitative estimate of drug-likeness (QED) is 0.522. The van der Waals surface area contributed by atoms with Crippen molar-refractivity contribution < 1.29 is 17.9 Å². The van der Waals surface area contributed by atoms with Gasteiger partial charge in [-0.3, -0.25) is 4.79 Å². The predicted octanol–water partition coefficient (Wildman–Crippen LogP) is 3.85. The summed E-state index contributed by atoms with van der Waals surface area (Å²) in [6, 6.07) is 21.5. The van der Waals surface area contributed by atoms with Gasteiger partial charge in [0.15, 0.2) is 9.84 Å². The molecule has 3 aromatic rings. The fraction of sp³-hybridized carbons (Fsp3) is 0.292. The minimum Gasteiger partial charge on any atom is -0.497 e. The number of benzene rings is 3. The Morgan fingerprint density at radius 3 is 2.37 bits per heavy atom. The first-order valence-corrected chi connectivity index (χ1v) is 11.7. The van der Waals surface area contributed by atoms with Crippen molar-refractivity contribution in [2.75, 3.05) is 25.7 Å².